The van der Waals surface area contributed by atoms with E-state index in [1.165, 1.54) is 11.8 Å². The van der Waals surface area contributed by atoms with Crippen LogP contribution in [0.25, 0.3) is 5.69 Å². The molecule has 0 unspecified atom stereocenters. The van der Waals surface area contributed by atoms with Crippen LogP contribution in [0, 0.1) is 0 Å². The maximum absolute atomic E-state index is 12.6. The Bertz CT molecular complexity index is 935. The van der Waals surface area contributed by atoms with Crippen LogP contribution in [-0.4, -0.2) is 49.9 Å². The molecule has 0 atom stereocenters. The number of amides is 1. The maximum Gasteiger partial charge on any atom is 0.236 e. The minimum atomic E-state index is -0.106. The van der Waals surface area contributed by atoms with E-state index in [-0.39, 0.29) is 11.7 Å². The van der Waals surface area contributed by atoms with Gasteiger partial charge >= 0.3 is 0 Å². The third-order valence-corrected chi connectivity index (χ3v) is 5.42. The summed E-state index contributed by atoms with van der Waals surface area (Å²) in [6, 6.07) is 11.8. The average Bonchev–Trinajstić information content (AvgIpc) is 3.33. The zero-order valence-corrected chi connectivity index (χ0v) is 16.4. The first-order valence-electron chi connectivity index (χ1n) is 9.19. The van der Waals surface area contributed by atoms with E-state index in [0.29, 0.717) is 30.0 Å². The summed E-state index contributed by atoms with van der Waals surface area (Å²) < 4.78 is 8.76. The molecule has 2 aromatic heterocycles. The Labute approximate surface area is 167 Å². The van der Waals surface area contributed by atoms with Gasteiger partial charge in [-0.3, -0.25) is 4.79 Å². The third-order valence-electron chi connectivity index (χ3n) is 4.44. The van der Waals surface area contributed by atoms with Gasteiger partial charge in [0.25, 0.3) is 0 Å². The van der Waals surface area contributed by atoms with Crippen molar-refractivity contribution in [3.8, 4) is 5.69 Å². The molecule has 28 heavy (non-hydrogen) atoms. The van der Waals surface area contributed by atoms with E-state index in [0.717, 1.165) is 24.2 Å². The number of benzene rings is 1. The second-order valence-corrected chi connectivity index (χ2v) is 7.56. The highest BCUT2D eigenvalue weighted by atomic mass is 32.2. The molecule has 0 saturated heterocycles. The molecule has 1 aliphatic rings. The Morgan fingerprint density at radius 3 is 2.89 bits per heavy atom. The average molecular weight is 398 g/mol. The predicted molar refractivity (Wildman–Crippen MR) is 107 cm³/mol. The van der Waals surface area contributed by atoms with E-state index in [4.69, 9.17) is 9.84 Å². The maximum atomic E-state index is 12.6. The number of hydrogen-bond donors (Lipinski definition) is 1. The molecular weight excluding hydrogens is 376 g/mol. The van der Waals surface area contributed by atoms with E-state index in [9.17, 15) is 4.79 Å². The largest absolute Gasteiger partial charge is 0.383 e. The van der Waals surface area contributed by atoms with Gasteiger partial charge in [0, 0.05) is 25.6 Å². The molecule has 1 amide bonds. The minimum absolute atomic E-state index is 0.106. The van der Waals surface area contributed by atoms with Crippen LogP contribution < -0.4 is 5.32 Å². The lowest BCUT2D eigenvalue weighted by molar-refractivity contribution is -0.113. The molecule has 1 aliphatic carbocycles. The number of carbonyl (C=O) groups is 1. The molecule has 1 fully saturated rings. The van der Waals surface area contributed by atoms with Crippen molar-refractivity contribution in [1.82, 2.24) is 24.5 Å². The Hall–Kier alpha value is -2.65. The Balaban J connectivity index is 1.44. The number of nitrogens with one attached hydrogen (secondary N) is 1. The summed E-state index contributed by atoms with van der Waals surface area (Å²) in [5.41, 5.74) is 1.96. The molecule has 2 heterocycles. The molecule has 0 spiro atoms. The standard InChI is InChI=1S/C19H22N6O2S/c1-27-10-9-24-13-20-22-19(24)28-12-18(26)21-17-11-16(14-7-8-14)23-25(17)15-5-3-2-4-6-15/h2-6,11,13-14H,7-10,12H2,1H3,(H,21,26). The highest BCUT2D eigenvalue weighted by molar-refractivity contribution is 7.99. The van der Waals surface area contributed by atoms with Gasteiger partial charge in [0.2, 0.25) is 5.91 Å². The molecule has 1 aromatic carbocycles. The lowest BCUT2D eigenvalue weighted by Gasteiger charge is -2.09. The van der Waals surface area contributed by atoms with Crippen LogP contribution in [0.2, 0.25) is 0 Å². The van der Waals surface area contributed by atoms with E-state index in [2.05, 4.69) is 15.5 Å². The fraction of sp³-hybridized carbons (Fsp3) is 0.368. The van der Waals surface area contributed by atoms with Crippen molar-refractivity contribution >= 4 is 23.5 Å². The van der Waals surface area contributed by atoms with Gasteiger partial charge in [0.15, 0.2) is 5.16 Å². The van der Waals surface area contributed by atoms with Gasteiger partial charge in [0.05, 0.1) is 23.7 Å². The molecule has 0 aliphatic heterocycles. The number of carbonyl (C=O) groups excluding carboxylic acids is 1. The van der Waals surface area contributed by atoms with Gasteiger partial charge in [-0.05, 0) is 25.0 Å². The summed E-state index contributed by atoms with van der Waals surface area (Å²) in [7, 11) is 1.65. The van der Waals surface area contributed by atoms with Crippen LogP contribution in [0.1, 0.15) is 24.5 Å². The van der Waals surface area contributed by atoms with Gasteiger partial charge in [-0.25, -0.2) is 4.68 Å². The van der Waals surface area contributed by atoms with Gasteiger partial charge in [-0.15, -0.1) is 10.2 Å². The minimum Gasteiger partial charge on any atom is -0.383 e. The molecular formula is C19H22N6O2S. The van der Waals surface area contributed by atoms with E-state index < -0.39 is 0 Å². The molecule has 1 saturated carbocycles. The van der Waals surface area contributed by atoms with Crippen molar-refractivity contribution in [2.45, 2.75) is 30.5 Å². The Morgan fingerprint density at radius 2 is 2.14 bits per heavy atom. The molecule has 4 rings (SSSR count). The molecule has 0 bridgehead atoms. The third kappa shape index (κ3) is 4.42. The molecule has 0 radical (unpaired) electrons. The predicted octanol–water partition coefficient (Wildman–Crippen LogP) is 2.72. The first-order chi connectivity index (χ1) is 13.7. The van der Waals surface area contributed by atoms with E-state index >= 15 is 0 Å². The number of ether oxygens (including phenoxy) is 1. The van der Waals surface area contributed by atoms with Crippen LogP contribution >= 0.6 is 11.8 Å². The summed E-state index contributed by atoms with van der Waals surface area (Å²) in [5.74, 6) is 1.34. The van der Waals surface area contributed by atoms with Crippen molar-refractivity contribution in [2.75, 3.05) is 24.8 Å². The second kappa shape index (κ2) is 8.57. The smallest absolute Gasteiger partial charge is 0.236 e. The Kier molecular flexibility index (Phi) is 5.73. The molecule has 1 N–H and O–H groups in total. The highest BCUT2D eigenvalue weighted by Gasteiger charge is 2.28. The molecule has 146 valence electrons. The van der Waals surface area contributed by atoms with Crippen LogP contribution in [-0.2, 0) is 16.1 Å². The first-order valence-corrected chi connectivity index (χ1v) is 10.2. The second-order valence-electron chi connectivity index (χ2n) is 6.61. The summed E-state index contributed by atoms with van der Waals surface area (Å²) in [6.07, 6.45) is 3.96. The van der Waals surface area contributed by atoms with E-state index in [1.54, 1.807) is 18.1 Å². The topological polar surface area (TPSA) is 86.9 Å². The number of para-hydroxylation sites is 1. The van der Waals surface area contributed by atoms with Crippen LogP contribution in [0.3, 0.4) is 0 Å². The van der Waals surface area contributed by atoms with E-state index in [1.807, 2.05) is 41.0 Å². The summed E-state index contributed by atoms with van der Waals surface area (Å²) >= 11 is 1.35. The summed E-state index contributed by atoms with van der Waals surface area (Å²) in [4.78, 5) is 12.6. The molecule has 8 nitrogen and oxygen atoms in total. The Morgan fingerprint density at radius 1 is 1.32 bits per heavy atom. The highest BCUT2D eigenvalue weighted by Crippen LogP contribution is 2.40. The normalized spacial score (nSPS) is 13.6. The van der Waals surface area contributed by atoms with Gasteiger partial charge in [0.1, 0.15) is 12.1 Å². The lowest BCUT2D eigenvalue weighted by atomic mass is 10.3. The van der Waals surface area contributed by atoms with Gasteiger partial charge in [-0.1, -0.05) is 30.0 Å². The molecule has 9 heteroatoms. The van der Waals surface area contributed by atoms with Crippen molar-refractivity contribution in [2.24, 2.45) is 0 Å². The fourth-order valence-electron chi connectivity index (χ4n) is 2.84. The molecule has 3 aromatic rings. The monoisotopic (exact) mass is 398 g/mol. The van der Waals surface area contributed by atoms with Gasteiger partial charge < -0.3 is 14.6 Å². The number of aromatic nitrogens is 5. The number of hydrogen-bond acceptors (Lipinski definition) is 6. The quantitative estimate of drug-likeness (QED) is 0.558. The summed E-state index contributed by atoms with van der Waals surface area (Å²) in [5, 5.41) is 16.4. The first kappa shape index (κ1) is 18.7. The number of anilines is 1. The SMILES string of the molecule is COCCn1cnnc1SCC(=O)Nc1cc(C2CC2)nn1-c1ccccc1. The van der Waals surface area contributed by atoms with Gasteiger partial charge in [-0.2, -0.15) is 5.10 Å². The van der Waals surface area contributed by atoms with Crippen LogP contribution in [0.5, 0.6) is 0 Å². The summed E-state index contributed by atoms with van der Waals surface area (Å²) in [6.45, 7) is 1.22. The van der Waals surface area contributed by atoms with Crippen molar-refractivity contribution in [1.29, 1.82) is 0 Å². The number of methoxy groups -OCH3 is 1. The van der Waals surface area contributed by atoms with Crippen LogP contribution in [0.15, 0.2) is 47.9 Å². The fourth-order valence-corrected chi connectivity index (χ4v) is 3.58. The van der Waals surface area contributed by atoms with Crippen molar-refractivity contribution in [3.63, 3.8) is 0 Å². The lowest BCUT2D eigenvalue weighted by Crippen LogP contribution is -2.17. The van der Waals surface area contributed by atoms with Crippen molar-refractivity contribution < 1.29 is 9.53 Å². The zero-order valence-electron chi connectivity index (χ0n) is 15.6. The zero-order chi connectivity index (χ0) is 19.3. The van der Waals surface area contributed by atoms with Crippen molar-refractivity contribution in [3.05, 3.63) is 48.4 Å². The number of nitrogens with zero attached hydrogens (tertiary/aromatic N) is 5. The van der Waals surface area contributed by atoms with Crippen LogP contribution in [0.4, 0.5) is 5.82 Å². The number of thioether (sulfide) groups is 1. The number of rotatable bonds is 9.